The van der Waals surface area contributed by atoms with E-state index in [2.05, 4.69) is 11.1 Å². The molecule has 0 aliphatic heterocycles. The summed E-state index contributed by atoms with van der Waals surface area (Å²) in [6, 6.07) is 15.9. The van der Waals surface area contributed by atoms with Gasteiger partial charge in [-0.3, -0.25) is 0 Å². The molecule has 3 rings (SSSR count). The monoisotopic (exact) mass is 335 g/mol. The molecule has 4 nitrogen and oxygen atoms in total. The van der Waals surface area contributed by atoms with E-state index in [4.69, 9.17) is 10.5 Å². The molecule has 0 aliphatic carbocycles. The molecule has 0 fully saturated rings. The fourth-order valence-corrected chi connectivity index (χ4v) is 3.38. The molecule has 0 radical (unpaired) electrons. The molecule has 0 bridgehead atoms. The summed E-state index contributed by atoms with van der Waals surface area (Å²) < 4.78 is 5.47. The van der Waals surface area contributed by atoms with Crippen molar-refractivity contribution in [2.24, 2.45) is 0 Å². The van der Waals surface area contributed by atoms with Gasteiger partial charge in [0.15, 0.2) is 0 Å². The van der Waals surface area contributed by atoms with E-state index < -0.39 is 0 Å². The van der Waals surface area contributed by atoms with Gasteiger partial charge in [-0.2, -0.15) is 5.26 Å². The van der Waals surface area contributed by atoms with Crippen LogP contribution in [-0.2, 0) is 0 Å². The molecule has 2 heterocycles. The smallest absolute Gasteiger partial charge is 0.142 e. The number of nitrogens with two attached hydrogens (primary N) is 1. The van der Waals surface area contributed by atoms with Crippen molar-refractivity contribution in [3.8, 4) is 33.5 Å². The van der Waals surface area contributed by atoms with Crippen LogP contribution in [0, 0.1) is 18.3 Å². The van der Waals surface area contributed by atoms with Gasteiger partial charge in [-0.1, -0.05) is 0 Å². The molecule has 0 aliphatic rings. The predicted molar refractivity (Wildman–Crippen MR) is 98.0 cm³/mol. The highest BCUT2D eigenvalue weighted by Gasteiger charge is 2.14. The lowest BCUT2D eigenvalue weighted by molar-refractivity contribution is 0.340. The molecule has 120 valence electrons. The van der Waals surface area contributed by atoms with Gasteiger partial charge in [0.2, 0.25) is 0 Å². The molecule has 2 aromatic heterocycles. The second-order valence-electron chi connectivity index (χ2n) is 5.29. The zero-order chi connectivity index (χ0) is 17.1. The summed E-state index contributed by atoms with van der Waals surface area (Å²) in [5, 5.41) is 9.44. The van der Waals surface area contributed by atoms with Crippen LogP contribution in [0.25, 0.3) is 21.7 Å². The molecule has 2 N–H and O–H groups in total. The molecule has 5 heteroatoms. The van der Waals surface area contributed by atoms with Gasteiger partial charge in [0.1, 0.15) is 23.2 Å². The fraction of sp³-hybridized carbons (Fsp3) is 0.158. The number of pyridine rings is 1. The van der Waals surface area contributed by atoms with Crippen molar-refractivity contribution < 1.29 is 4.74 Å². The third kappa shape index (κ3) is 3.10. The molecule has 0 amide bonds. The van der Waals surface area contributed by atoms with Crippen LogP contribution in [0.4, 0.5) is 5.82 Å². The Morgan fingerprint density at radius 1 is 1.21 bits per heavy atom. The lowest BCUT2D eigenvalue weighted by Gasteiger charge is -2.09. The zero-order valence-corrected chi connectivity index (χ0v) is 14.4. The molecule has 0 unspecified atom stereocenters. The molecule has 24 heavy (non-hydrogen) atoms. The molecular formula is C19H17N3OS. The number of nitrogen functional groups attached to an aromatic ring is 1. The first-order valence-corrected chi connectivity index (χ1v) is 8.44. The van der Waals surface area contributed by atoms with Crippen LogP contribution in [0.15, 0.2) is 42.5 Å². The van der Waals surface area contributed by atoms with Crippen molar-refractivity contribution in [1.29, 1.82) is 5.26 Å². The number of thiophene rings is 1. The Morgan fingerprint density at radius 2 is 1.96 bits per heavy atom. The Kier molecular flexibility index (Phi) is 4.50. The van der Waals surface area contributed by atoms with Crippen LogP contribution in [0.3, 0.4) is 0 Å². The maximum Gasteiger partial charge on any atom is 0.142 e. The van der Waals surface area contributed by atoms with Crippen molar-refractivity contribution in [2.75, 3.05) is 12.3 Å². The van der Waals surface area contributed by atoms with Crippen LogP contribution >= 0.6 is 11.3 Å². The van der Waals surface area contributed by atoms with Crippen LogP contribution in [0.2, 0.25) is 0 Å². The van der Waals surface area contributed by atoms with Gasteiger partial charge in [0.05, 0.1) is 12.3 Å². The number of anilines is 1. The van der Waals surface area contributed by atoms with Gasteiger partial charge in [-0.15, -0.1) is 11.3 Å². The highest BCUT2D eigenvalue weighted by molar-refractivity contribution is 7.15. The highest BCUT2D eigenvalue weighted by atomic mass is 32.1. The number of aryl methyl sites for hydroxylation is 1. The fourth-order valence-electron chi connectivity index (χ4n) is 2.49. The average Bonchev–Trinajstić information content (AvgIpc) is 3.01. The summed E-state index contributed by atoms with van der Waals surface area (Å²) >= 11 is 1.64. The van der Waals surface area contributed by atoms with Crippen molar-refractivity contribution in [3.05, 3.63) is 52.9 Å². The lowest BCUT2D eigenvalue weighted by atomic mass is 10.0. The standard InChI is InChI=1S/C19H17N3OS/c1-3-23-14-7-5-13(6-8-14)17-10-15(16(11-20)19(21)22-17)18-9-4-12(2)24-18/h4-10H,3H2,1-2H3,(H2,21,22). The second kappa shape index (κ2) is 6.73. The van der Waals surface area contributed by atoms with E-state index >= 15 is 0 Å². The Balaban J connectivity index is 2.09. The molecule has 0 saturated heterocycles. The van der Waals surface area contributed by atoms with Crippen molar-refractivity contribution in [2.45, 2.75) is 13.8 Å². The van der Waals surface area contributed by atoms with Crippen LogP contribution < -0.4 is 10.5 Å². The summed E-state index contributed by atoms with van der Waals surface area (Å²) in [4.78, 5) is 6.61. The first-order valence-electron chi connectivity index (χ1n) is 7.63. The predicted octanol–water partition coefficient (Wildman–Crippen LogP) is 4.64. The summed E-state index contributed by atoms with van der Waals surface area (Å²) in [6.45, 7) is 4.62. The summed E-state index contributed by atoms with van der Waals surface area (Å²) in [5.41, 5.74) is 8.97. The summed E-state index contributed by atoms with van der Waals surface area (Å²) in [5.74, 6) is 1.07. The first kappa shape index (κ1) is 16.0. The summed E-state index contributed by atoms with van der Waals surface area (Å²) in [7, 11) is 0. The molecule has 3 aromatic rings. The number of benzene rings is 1. The van der Waals surface area contributed by atoms with Crippen LogP contribution in [0.5, 0.6) is 5.75 Å². The maximum absolute atomic E-state index is 9.44. The van der Waals surface area contributed by atoms with E-state index in [1.54, 1.807) is 11.3 Å². The third-order valence-electron chi connectivity index (χ3n) is 3.63. The Bertz CT molecular complexity index is 907. The van der Waals surface area contributed by atoms with Crippen molar-refractivity contribution in [1.82, 2.24) is 4.98 Å². The van der Waals surface area contributed by atoms with Gasteiger partial charge >= 0.3 is 0 Å². The largest absolute Gasteiger partial charge is 0.494 e. The number of nitrogens with zero attached hydrogens (tertiary/aromatic N) is 2. The minimum Gasteiger partial charge on any atom is -0.494 e. The third-order valence-corrected chi connectivity index (χ3v) is 4.66. The maximum atomic E-state index is 9.44. The second-order valence-corrected chi connectivity index (χ2v) is 6.58. The first-order chi connectivity index (χ1) is 11.6. The van der Waals surface area contributed by atoms with Gasteiger partial charge in [0, 0.05) is 20.9 Å². The van der Waals surface area contributed by atoms with E-state index in [-0.39, 0.29) is 5.82 Å². The van der Waals surface area contributed by atoms with E-state index in [0.717, 1.165) is 27.4 Å². The minimum atomic E-state index is 0.255. The Morgan fingerprint density at radius 3 is 2.54 bits per heavy atom. The minimum absolute atomic E-state index is 0.255. The number of rotatable bonds is 4. The van der Waals surface area contributed by atoms with Gasteiger partial charge < -0.3 is 10.5 Å². The molecule has 1 aromatic carbocycles. The quantitative estimate of drug-likeness (QED) is 0.754. The Labute approximate surface area is 145 Å². The van der Waals surface area contributed by atoms with E-state index in [0.29, 0.717) is 12.2 Å². The van der Waals surface area contributed by atoms with Crippen LogP contribution in [-0.4, -0.2) is 11.6 Å². The van der Waals surface area contributed by atoms with Crippen molar-refractivity contribution >= 4 is 17.2 Å². The lowest BCUT2D eigenvalue weighted by Crippen LogP contribution is -1.99. The number of nitriles is 1. The molecular weight excluding hydrogens is 318 g/mol. The normalized spacial score (nSPS) is 10.4. The van der Waals surface area contributed by atoms with Crippen LogP contribution in [0.1, 0.15) is 17.4 Å². The number of hydrogen-bond donors (Lipinski definition) is 1. The van der Waals surface area contributed by atoms with E-state index in [1.165, 1.54) is 4.88 Å². The topological polar surface area (TPSA) is 71.9 Å². The van der Waals surface area contributed by atoms with Gasteiger partial charge in [0.25, 0.3) is 0 Å². The van der Waals surface area contributed by atoms with Crippen molar-refractivity contribution in [3.63, 3.8) is 0 Å². The average molecular weight is 335 g/mol. The zero-order valence-electron chi connectivity index (χ0n) is 13.5. The Hall–Kier alpha value is -2.84. The van der Waals surface area contributed by atoms with Gasteiger partial charge in [-0.25, -0.2) is 4.98 Å². The van der Waals surface area contributed by atoms with Gasteiger partial charge in [-0.05, 0) is 56.3 Å². The molecule has 0 atom stereocenters. The molecule has 0 saturated carbocycles. The number of ether oxygens (including phenoxy) is 1. The van der Waals surface area contributed by atoms with E-state index in [9.17, 15) is 5.26 Å². The molecule has 0 spiro atoms. The number of hydrogen-bond acceptors (Lipinski definition) is 5. The van der Waals surface area contributed by atoms with E-state index in [1.807, 2.05) is 56.3 Å². The summed E-state index contributed by atoms with van der Waals surface area (Å²) in [6.07, 6.45) is 0. The highest BCUT2D eigenvalue weighted by Crippen LogP contribution is 2.35. The SMILES string of the molecule is CCOc1ccc(-c2cc(-c3ccc(C)s3)c(C#N)c(N)n2)cc1. The number of aromatic nitrogens is 1.